The monoisotopic (exact) mass is 366 g/mol. The molecule has 0 saturated carbocycles. The van der Waals surface area contributed by atoms with E-state index in [4.69, 9.17) is 14.2 Å². The Bertz CT molecular complexity index is 521. The first kappa shape index (κ1) is 21.0. The molecule has 0 spiro atoms. The lowest BCUT2D eigenvalue weighted by atomic mass is 10.1. The average Bonchev–Trinajstić information content (AvgIpc) is 2.67. The number of nitrogens with zero attached hydrogens (tertiary/aromatic N) is 2. The standard InChI is InChI=1S/C20H34N2O4/c1-4-5-18(23)16-22(9-8-21-10-12-26-13-11-21)15-17-6-7-19(24-2)20(14-17)25-3/h6-7,14,18,23H,4-5,8-13,15-16H2,1-3H3. The van der Waals surface area contributed by atoms with E-state index in [0.717, 1.165) is 75.8 Å². The number of hydrogen-bond donors (Lipinski definition) is 1. The molecule has 1 unspecified atom stereocenters. The first-order valence-electron chi connectivity index (χ1n) is 9.57. The third-order valence-electron chi connectivity index (χ3n) is 4.78. The highest BCUT2D eigenvalue weighted by atomic mass is 16.5. The van der Waals surface area contributed by atoms with Crippen LogP contribution in [-0.2, 0) is 11.3 Å². The van der Waals surface area contributed by atoms with Crippen molar-refractivity contribution in [3.05, 3.63) is 23.8 Å². The Balaban J connectivity index is 1.99. The third kappa shape index (κ3) is 6.76. The third-order valence-corrected chi connectivity index (χ3v) is 4.78. The van der Waals surface area contributed by atoms with Crippen molar-refractivity contribution in [2.45, 2.75) is 32.4 Å². The molecule has 1 atom stereocenters. The van der Waals surface area contributed by atoms with Crippen molar-refractivity contribution in [2.75, 3.05) is 60.2 Å². The SMILES string of the molecule is CCCC(O)CN(CCN1CCOCC1)Cc1ccc(OC)c(OC)c1. The Kier molecular flexibility index (Phi) is 9.18. The number of morpholine rings is 1. The Hall–Kier alpha value is -1.34. The van der Waals surface area contributed by atoms with E-state index in [9.17, 15) is 5.11 Å². The van der Waals surface area contributed by atoms with Gasteiger partial charge >= 0.3 is 0 Å². The van der Waals surface area contributed by atoms with Crippen LogP contribution in [0.2, 0.25) is 0 Å². The van der Waals surface area contributed by atoms with Crippen LogP contribution in [0.1, 0.15) is 25.3 Å². The fourth-order valence-corrected chi connectivity index (χ4v) is 3.30. The first-order chi connectivity index (χ1) is 12.7. The molecule has 1 aliphatic rings. The van der Waals surface area contributed by atoms with Gasteiger partial charge in [-0.3, -0.25) is 9.80 Å². The van der Waals surface area contributed by atoms with E-state index < -0.39 is 0 Å². The molecule has 0 bridgehead atoms. The maximum absolute atomic E-state index is 10.3. The second-order valence-electron chi connectivity index (χ2n) is 6.82. The normalized spacial score (nSPS) is 16.7. The van der Waals surface area contributed by atoms with Gasteiger partial charge in [-0.1, -0.05) is 19.4 Å². The van der Waals surface area contributed by atoms with E-state index in [2.05, 4.69) is 22.8 Å². The number of methoxy groups -OCH3 is 2. The first-order valence-corrected chi connectivity index (χ1v) is 9.57. The summed E-state index contributed by atoms with van der Waals surface area (Å²) in [5.74, 6) is 1.48. The van der Waals surface area contributed by atoms with E-state index >= 15 is 0 Å². The highest BCUT2D eigenvalue weighted by Gasteiger charge is 2.16. The van der Waals surface area contributed by atoms with Crippen LogP contribution in [0.3, 0.4) is 0 Å². The highest BCUT2D eigenvalue weighted by Crippen LogP contribution is 2.28. The number of ether oxygens (including phenoxy) is 3. The van der Waals surface area contributed by atoms with Crippen LogP contribution < -0.4 is 9.47 Å². The van der Waals surface area contributed by atoms with Crippen molar-refractivity contribution in [1.82, 2.24) is 9.80 Å². The van der Waals surface area contributed by atoms with Crippen molar-refractivity contribution in [3.8, 4) is 11.5 Å². The van der Waals surface area contributed by atoms with Gasteiger partial charge in [-0.2, -0.15) is 0 Å². The minimum Gasteiger partial charge on any atom is -0.493 e. The van der Waals surface area contributed by atoms with Crippen LogP contribution in [-0.4, -0.2) is 81.2 Å². The van der Waals surface area contributed by atoms with Gasteiger partial charge < -0.3 is 19.3 Å². The lowest BCUT2D eigenvalue weighted by Crippen LogP contribution is -2.42. The molecule has 1 aromatic carbocycles. The Labute approximate surface area is 157 Å². The van der Waals surface area contributed by atoms with Gasteiger partial charge in [0.05, 0.1) is 33.5 Å². The highest BCUT2D eigenvalue weighted by molar-refractivity contribution is 5.42. The van der Waals surface area contributed by atoms with Gasteiger partial charge in [0, 0.05) is 39.3 Å². The number of hydrogen-bond acceptors (Lipinski definition) is 6. The molecule has 2 rings (SSSR count). The molecule has 6 nitrogen and oxygen atoms in total. The molecule has 0 radical (unpaired) electrons. The van der Waals surface area contributed by atoms with Gasteiger partial charge in [0.1, 0.15) is 0 Å². The zero-order valence-electron chi connectivity index (χ0n) is 16.4. The van der Waals surface area contributed by atoms with Gasteiger partial charge in [0.25, 0.3) is 0 Å². The number of rotatable bonds is 11. The van der Waals surface area contributed by atoms with Crippen LogP contribution in [0, 0.1) is 0 Å². The second kappa shape index (κ2) is 11.4. The summed E-state index contributed by atoms with van der Waals surface area (Å²) < 4.78 is 16.2. The molecule has 1 aliphatic heterocycles. The van der Waals surface area contributed by atoms with E-state index in [1.165, 1.54) is 0 Å². The minimum atomic E-state index is -0.287. The van der Waals surface area contributed by atoms with Crippen molar-refractivity contribution >= 4 is 0 Å². The summed E-state index contributed by atoms with van der Waals surface area (Å²) in [6.07, 6.45) is 1.54. The van der Waals surface area contributed by atoms with Crippen LogP contribution in [0.5, 0.6) is 11.5 Å². The van der Waals surface area contributed by atoms with Gasteiger partial charge in [0.2, 0.25) is 0 Å². The van der Waals surface area contributed by atoms with Crippen molar-refractivity contribution in [1.29, 1.82) is 0 Å². The maximum Gasteiger partial charge on any atom is 0.161 e. The number of benzene rings is 1. The minimum absolute atomic E-state index is 0.287. The Morgan fingerprint density at radius 3 is 2.58 bits per heavy atom. The van der Waals surface area contributed by atoms with Gasteiger partial charge in [-0.15, -0.1) is 0 Å². The fraction of sp³-hybridized carbons (Fsp3) is 0.700. The maximum atomic E-state index is 10.3. The van der Waals surface area contributed by atoms with Crippen LogP contribution in [0.4, 0.5) is 0 Å². The quantitative estimate of drug-likeness (QED) is 0.646. The van der Waals surface area contributed by atoms with Gasteiger partial charge in [-0.05, 0) is 24.1 Å². The Morgan fingerprint density at radius 1 is 1.19 bits per heavy atom. The molecule has 1 aromatic rings. The Morgan fingerprint density at radius 2 is 1.92 bits per heavy atom. The lowest BCUT2D eigenvalue weighted by Gasteiger charge is -2.31. The fourth-order valence-electron chi connectivity index (χ4n) is 3.30. The molecule has 1 fully saturated rings. The molecule has 1 N–H and O–H groups in total. The molecular weight excluding hydrogens is 332 g/mol. The van der Waals surface area contributed by atoms with Crippen molar-refractivity contribution < 1.29 is 19.3 Å². The molecule has 0 amide bonds. The molecular formula is C20H34N2O4. The largest absolute Gasteiger partial charge is 0.493 e. The molecule has 0 aliphatic carbocycles. The predicted molar refractivity (Wildman–Crippen MR) is 103 cm³/mol. The number of aliphatic hydroxyl groups excluding tert-OH is 1. The molecule has 26 heavy (non-hydrogen) atoms. The summed E-state index contributed by atoms with van der Waals surface area (Å²) in [5.41, 5.74) is 1.16. The topological polar surface area (TPSA) is 54.4 Å². The average molecular weight is 367 g/mol. The van der Waals surface area contributed by atoms with Gasteiger partial charge in [0.15, 0.2) is 11.5 Å². The van der Waals surface area contributed by atoms with Crippen LogP contribution in [0.15, 0.2) is 18.2 Å². The smallest absolute Gasteiger partial charge is 0.161 e. The van der Waals surface area contributed by atoms with E-state index in [1.54, 1.807) is 14.2 Å². The van der Waals surface area contributed by atoms with E-state index in [-0.39, 0.29) is 6.10 Å². The van der Waals surface area contributed by atoms with Crippen LogP contribution in [0.25, 0.3) is 0 Å². The summed E-state index contributed by atoms with van der Waals surface area (Å²) in [6, 6.07) is 6.03. The molecule has 1 saturated heterocycles. The zero-order chi connectivity index (χ0) is 18.8. The summed E-state index contributed by atoms with van der Waals surface area (Å²) in [4.78, 5) is 4.76. The van der Waals surface area contributed by atoms with Crippen molar-refractivity contribution in [3.63, 3.8) is 0 Å². The van der Waals surface area contributed by atoms with E-state index in [1.807, 2.05) is 12.1 Å². The second-order valence-corrected chi connectivity index (χ2v) is 6.82. The molecule has 1 heterocycles. The molecule has 148 valence electrons. The summed E-state index contributed by atoms with van der Waals surface area (Å²) in [5, 5.41) is 10.3. The summed E-state index contributed by atoms with van der Waals surface area (Å²) in [7, 11) is 3.30. The van der Waals surface area contributed by atoms with E-state index in [0.29, 0.717) is 6.54 Å². The summed E-state index contributed by atoms with van der Waals surface area (Å²) in [6.45, 7) is 9.10. The molecule has 0 aromatic heterocycles. The number of aliphatic hydroxyl groups is 1. The van der Waals surface area contributed by atoms with Crippen molar-refractivity contribution in [2.24, 2.45) is 0 Å². The zero-order valence-corrected chi connectivity index (χ0v) is 16.4. The lowest BCUT2D eigenvalue weighted by molar-refractivity contribution is 0.0287. The summed E-state index contributed by atoms with van der Waals surface area (Å²) >= 11 is 0. The predicted octanol–water partition coefficient (Wildman–Crippen LogP) is 2.00. The molecule has 6 heteroatoms. The van der Waals surface area contributed by atoms with Gasteiger partial charge in [-0.25, -0.2) is 0 Å². The van der Waals surface area contributed by atoms with Crippen LogP contribution >= 0.6 is 0 Å².